The molecular formula is C20H29N5O. The fraction of sp³-hybridized carbons (Fsp3) is 0.500. The number of nitrogens with one attached hydrogen (secondary N) is 2. The molecule has 1 aromatic carbocycles. The highest BCUT2D eigenvalue weighted by Gasteiger charge is 2.28. The number of fused-ring (bicyclic) bond motifs is 1. The zero-order valence-corrected chi connectivity index (χ0v) is 16.0. The fourth-order valence-electron chi connectivity index (χ4n) is 3.29. The van der Waals surface area contributed by atoms with Gasteiger partial charge < -0.3 is 15.4 Å². The number of nitrogens with zero attached hydrogens (tertiary/aromatic N) is 3. The summed E-state index contributed by atoms with van der Waals surface area (Å²) in [5.74, 6) is 0.805. The number of para-hydroxylation sites is 1. The number of aromatic nitrogens is 1. The van der Waals surface area contributed by atoms with Crippen molar-refractivity contribution in [3.63, 3.8) is 0 Å². The fourth-order valence-corrected chi connectivity index (χ4v) is 3.29. The van der Waals surface area contributed by atoms with Crippen molar-refractivity contribution in [2.45, 2.75) is 25.9 Å². The van der Waals surface area contributed by atoms with E-state index in [0.29, 0.717) is 6.54 Å². The first kappa shape index (κ1) is 18.6. The van der Waals surface area contributed by atoms with E-state index >= 15 is 0 Å². The molecule has 26 heavy (non-hydrogen) atoms. The molecule has 2 aromatic rings. The Labute approximate surface area is 155 Å². The Kier molecular flexibility index (Phi) is 6.06. The minimum absolute atomic E-state index is 0.0440. The SMILES string of the molecule is CN=C(NCc1cccc2cccnc12)NCC(C)(C)N1CCOCC1. The van der Waals surface area contributed by atoms with Gasteiger partial charge in [-0.05, 0) is 25.5 Å². The normalized spacial score (nSPS) is 16.7. The van der Waals surface area contributed by atoms with E-state index in [0.717, 1.165) is 49.7 Å². The van der Waals surface area contributed by atoms with Gasteiger partial charge >= 0.3 is 0 Å². The van der Waals surface area contributed by atoms with Crippen LogP contribution in [0.1, 0.15) is 19.4 Å². The highest BCUT2D eigenvalue weighted by atomic mass is 16.5. The van der Waals surface area contributed by atoms with Gasteiger partial charge in [-0.1, -0.05) is 24.3 Å². The van der Waals surface area contributed by atoms with Crippen LogP contribution >= 0.6 is 0 Å². The Morgan fingerprint density at radius 2 is 1.96 bits per heavy atom. The van der Waals surface area contributed by atoms with Crippen LogP contribution in [0.2, 0.25) is 0 Å². The van der Waals surface area contributed by atoms with Crippen LogP contribution in [0.4, 0.5) is 0 Å². The monoisotopic (exact) mass is 355 g/mol. The maximum absolute atomic E-state index is 5.46. The molecule has 140 valence electrons. The molecule has 1 fully saturated rings. The van der Waals surface area contributed by atoms with Crippen molar-refractivity contribution in [3.05, 3.63) is 42.1 Å². The van der Waals surface area contributed by atoms with Crippen molar-refractivity contribution in [3.8, 4) is 0 Å². The van der Waals surface area contributed by atoms with Gasteiger partial charge in [-0.25, -0.2) is 0 Å². The Hall–Kier alpha value is -2.18. The number of ether oxygens (including phenoxy) is 1. The Bertz CT molecular complexity index is 747. The van der Waals surface area contributed by atoms with Crippen LogP contribution in [0.3, 0.4) is 0 Å². The average Bonchev–Trinajstić information content (AvgIpc) is 2.69. The minimum Gasteiger partial charge on any atom is -0.379 e. The quantitative estimate of drug-likeness (QED) is 0.635. The number of pyridine rings is 1. The molecule has 0 amide bonds. The van der Waals surface area contributed by atoms with Crippen LogP contribution in [0.25, 0.3) is 10.9 Å². The molecule has 0 atom stereocenters. The van der Waals surface area contributed by atoms with Crippen LogP contribution in [-0.2, 0) is 11.3 Å². The Morgan fingerprint density at radius 1 is 1.19 bits per heavy atom. The van der Waals surface area contributed by atoms with E-state index in [1.54, 1.807) is 7.05 Å². The first-order valence-electron chi connectivity index (χ1n) is 9.20. The van der Waals surface area contributed by atoms with Crippen molar-refractivity contribution in [2.24, 2.45) is 4.99 Å². The first-order chi connectivity index (χ1) is 12.6. The van der Waals surface area contributed by atoms with E-state index in [9.17, 15) is 0 Å². The van der Waals surface area contributed by atoms with Crippen LogP contribution in [-0.4, -0.2) is 61.3 Å². The van der Waals surface area contributed by atoms with Crippen LogP contribution < -0.4 is 10.6 Å². The number of aliphatic imine (C=N–C) groups is 1. The number of hydrogen-bond donors (Lipinski definition) is 2. The molecule has 0 spiro atoms. The maximum atomic E-state index is 5.46. The molecule has 2 N–H and O–H groups in total. The zero-order valence-electron chi connectivity index (χ0n) is 16.0. The van der Waals surface area contributed by atoms with Crippen molar-refractivity contribution in [2.75, 3.05) is 39.9 Å². The first-order valence-corrected chi connectivity index (χ1v) is 9.20. The van der Waals surface area contributed by atoms with E-state index in [1.165, 1.54) is 5.56 Å². The van der Waals surface area contributed by atoms with Crippen LogP contribution in [0, 0.1) is 0 Å². The molecule has 3 rings (SSSR count). The molecule has 0 saturated carbocycles. The molecule has 1 aliphatic rings. The van der Waals surface area contributed by atoms with E-state index in [4.69, 9.17) is 4.74 Å². The summed E-state index contributed by atoms with van der Waals surface area (Å²) in [6, 6.07) is 10.3. The van der Waals surface area contributed by atoms with Crippen LogP contribution in [0.15, 0.2) is 41.5 Å². The highest BCUT2D eigenvalue weighted by molar-refractivity contribution is 5.83. The predicted molar refractivity (Wildman–Crippen MR) is 106 cm³/mol. The van der Waals surface area contributed by atoms with Gasteiger partial charge in [0.25, 0.3) is 0 Å². The van der Waals surface area contributed by atoms with E-state index in [2.05, 4.69) is 63.6 Å². The van der Waals surface area contributed by atoms with E-state index < -0.39 is 0 Å². The van der Waals surface area contributed by atoms with Gasteiger partial charge in [0.05, 0.1) is 18.7 Å². The van der Waals surface area contributed by atoms with E-state index in [-0.39, 0.29) is 5.54 Å². The number of rotatable bonds is 5. The van der Waals surface area contributed by atoms with Gasteiger partial charge in [0.1, 0.15) is 0 Å². The maximum Gasteiger partial charge on any atom is 0.191 e. The van der Waals surface area contributed by atoms with Crippen LogP contribution in [0.5, 0.6) is 0 Å². The van der Waals surface area contributed by atoms with Gasteiger partial charge in [0, 0.05) is 50.3 Å². The number of guanidine groups is 1. The highest BCUT2D eigenvalue weighted by Crippen LogP contribution is 2.16. The lowest BCUT2D eigenvalue weighted by atomic mass is 10.0. The zero-order chi connectivity index (χ0) is 18.4. The molecular weight excluding hydrogens is 326 g/mol. The molecule has 0 aliphatic carbocycles. The molecule has 2 heterocycles. The largest absolute Gasteiger partial charge is 0.379 e. The third-order valence-electron chi connectivity index (χ3n) is 4.94. The van der Waals surface area contributed by atoms with Gasteiger partial charge in [0.15, 0.2) is 5.96 Å². The smallest absolute Gasteiger partial charge is 0.191 e. The summed E-state index contributed by atoms with van der Waals surface area (Å²) in [5, 5.41) is 8.03. The Balaban J connectivity index is 1.58. The molecule has 6 heteroatoms. The van der Waals surface area contributed by atoms with Crippen molar-refractivity contribution in [1.29, 1.82) is 0 Å². The van der Waals surface area contributed by atoms with Crippen molar-refractivity contribution < 1.29 is 4.74 Å². The molecule has 0 bridgehead atoms. The lowest BCUT2D eigenvalue weighted by Gasteiger charge is -2.41. The molecule has 0 unspecified atom stereocenters. The van der Waals surface area contributed by atoms with E-state index in [1.807, 2.05) is 12.3 Å². The molecule has 1 aromatic heterocycles. The number of hydrogen-bond acceptors (Lipinski definition) is 4. The van der Waals surface area contributed by atoms with Crippen molar-refractivity contribution in [1.82, 2.24) is 20.5 Å². The molecule has 0 radical (unpaired) electrons. The minimum atomic E-state index is 0.0440. The topological polar surface area (TPSA) is 61.8 Å². The summed E-state index contributed by atoms with van der Waals surface area (Å²) in [7, 11) is 1.80. The summed E-state index contributed by atoms with van der Waals surface area (Å²) in [5.41, 5.74) is 2.24. The molecule has 1 saturated heterocycles. The standard InChI is InChI=1S/C20H29N5O/c1-20(2,25-10-12-26-13-11-25)15-24-19(21-3)23-14-17-7-4-6-16-8-5-9-22-18(16)17/h4-9H,10-15H2,1-3H3,(H2,21,23,24). The Morgan fingerprint density at radius 3 is 2.73 bits per heavy atom. The summed E-state index contributed by atoms with van der Waals surface area (Å²) in [6.45, 7) is 9.59. The summed E-state index contributed by atoms with van der Waals surface area (Å²) in [4.78, 5) is 11.3. The van der Waals surface area contributed by atoms with Crippen molar-refractivity contribution >= 4 is 16.9 Å². The lowest BCUT2D eigenvalue weighted by Crippen LogP contribution is -2.56. The molecule has 1 aliphatic heterocycles. The second-order valence-electron chi connectivity index (χ2n) is 7.18. The summed E-state index contributed by atoms with van der Waals surface area (Å²) in [6.07, 6.45) is 1.84. The van der Waals surface area contributed by atoms with Gasteiger partial charge in [-0.2, -0.15) is 0 Å². The predicted octanol–water partition coefficient (Wildman–Crippen LogP) is 2.01. The van der Waals surface area contributed by atoms with Gasteiger partial charge in [0.2, 0.25) is 0 Å². The summed E-state index contributed by atoms with van der Waals surface area (Å²) >= 11 is 0. The van der Waals surface area contributed by atoms with Gasteiger partial charge in [-0.3, -0.25) is 14.9 Å². The lowest BCUT2D eigenvalue weighted by molar-refractivity contribution is -0.00834. The average molecular weight is 355 g/mol. The second-order valence-corrected chi connectivity index (χ2v) is 7.18. The summed E-state index contributed by atoms with van der Waals surface area (Å²) < 4.78 is 5.46. The third-order valence-corrected chi connectivity index (χ3v) is 4.94. The number of morpholine rings is 1. The third kappa shape index (κ3) is 4.51. The second kappa shape index (κ2) is 8.47. The van der Waals surface area contributed by atoms with Gasteiger partial charge in [-0.15, -0.1) is 0 Å². The molecule has 6 nitrogen and oxygen atoms in total. The number of benzene rings is 1.